The Labute approximate surface area is 59.3 Å². The number of nitrogens with zero attached hydrogens (tertiary/aromatic N) is 2. The van der Waals surface area contributed by atoms with Crippen molar-refractivity contribution in [3.63, 3.8) is 0 Å². The van der Waals surface area contributed by atoms with Crippen LogP contribution in [0.4, 0.5) is 14.7 Å². The van der Waals surface area contributed by atoms with Gasteiger partial charge < -0.3 is 5.73 Å². The maximum atomic E-state index is 11.8. The van der Waals surface area contributed by atoms with Crippen LogP contribution < -0.4 is 11.4 Å². The summed E-state index contributed by atoms with van der Waals surface area (Å²) in [5, 5.41) is 0. The van der Waals surface area contributed by atoms with E-state index in [2.05, 4.69) is 9.97 Å². The number of hydrogen-bond acceptors (Lipinski definition) is 4. The van der Waals surface area contributed by atoms with E-state index in [9.17, 15) is 13.6 Å². The molecular weight excluding hydrogens is 158 g/mol. The van der Waals surface area contributed by atoms with Gasteiger partial charge in [-0.1, -0.05) is 0 Å². The van der Waals surface area contributed by atoms with E-state index >= 15 is 0 Å². The van der Waals surface area contributed by atoms with E-state index < -0.39 is 23.9 Å². The number of aromatic nitrogens is 3. The van der Waals surface area contributed by atoms with Crippen LogP contribution >= 0.6 is 0 Å². The van der Waals surface area contributed by atoms with Crippen molar-refractivity contribution in [2.75, 3.05) is 5.73 Å². The van der Waals surface area contributed by atoms with E-state index in [0.717, 1.165) is 0 Å². The van der Waals surface area contributed by atoms with Crippen molar-refractivity contribution in [2.45, 2.75) is 6.43 Å². The fourth-order valence-electron chi connectivity index (χ4n) is 0.521. The van der Waals surface area contributed by atoms with Gasteiger partial charge in [0.15, 0.2) is 5.82 Å². The van der Waals surface area contributed by atoms with Crippen molar-refractivity contribution in [1.82, 2.24) is 15.0 Å². The average Bonchev–Trinajstić information content (AvgIpc) is 1.85. The molecule has 0 bridgehead atoms. The second-order valence-electron chi connectivity index (χ2n) is 1.70. The lowest BCUT2D eigenvalue weighted by Gasteiger charge is -1.96. The van der Waals surface area contributed by atoms with Crippen LogP contribution in [-0.2, 0) is 0 Å². The van der Waals surface area contributed by atoms with Crippen molar-refractivity contribution in [3.05, 3.63) is 16.3 Å². The predicted octanol–water partition coefficient (Wildman–Crippen LogP) is -0.315. The fraction of sp³-hybridized carbons (Fsp3) is 0.250. The summed E-state index contributed by atoms with van der Waals surface area (Å²) >= 11 is 0. The minimum absolute atomic E-state index is 0.455. The molecule has 11 heavy (non-hydrogen) atoms. The topological polar surface area (TPSA) is 84.7 Å². The maximum absolute atomic E-state index is 11.8. The van der Waals surface area contributed by atoms with Gasteiger partial charge in [0.1, 0.15) is 0 Å². The van der Waals surface area contributed by atoms with E-state index in [1.807, 2.05) is 0 Å². The third-order valence-electron chi connectivity index (χ3n) is 0.893. The van der Waals surface area contributed by atoms with Gasteiger partial charge in [-0.05, 0) is 0 Å². The third-order valence-corrected chi connectivity index (χ3v) is 0.893. The highest BCUT2D eigenvalue weighted by atomic mass is 19.3. The molecule has 60 valence electrons. The number of halogens is 2. The maximum Gasteiger partial charge on any atom is 0.349 e. The summed E-state index contributed by atoms with van der Waals surface area (Å²) in [7, 11) is 0. The highest BCUT2D eigenvalue weighted by molar-refractivity contribution is 5.12. The summed E-state index contributed by atoms with van der Waals surface area (Å²) < 4.78 is 23.6. The Bertz CT molecular complexity index is 309. The molecule has 7 heteroatoms. The molecule has 0 aliphatic heterocycles. The van der Waals surface area contributed by atoms with Crippen LogP contribution in [0.25, 0.3) is 0 Å². The molecule has 0 spiro atoms. The first-order chi connectivity index (χ1) is 5.09. The number of nitrogens with two attached hydrogens (primary N) is 1. The number of aromatic amines is 1. The van der Waals surface area contributed by atoms with Gasteiger partial charge in [-0.3, -0.25) is 4.98 Å². The molecule has 0 saturated heterocycles. The van der Waals surface area contributed by atoms with Gasteiger partial charge >= 0.3 is 5.69 Å². The number of hydrogen-bond donors (Lipinski definition) is 2. The lowest BCUT2D eigenvalue weighted by atomic mass is 10.6. The van der Waals surface area contributed by atoms with Gasteiger partial charge in [0, 0.05) is 0 Å². The van der Waals surface area contributed by atoms with E-state index in [1.165, 1.54) is 0 Å². The van der Waals surface area contributed by atoms with Crippen LogP contribution in [0.15, 0.2) is 4.79 Å². The van der Waals surface area contributed by atoms with Crippen molar-refractivity contribution >= 4 is 5.95 Å². The Morgan fingerprint density at radius 3 is 2.55 bits per heavy atom. The summed E-state index contributed by atoms with van der Waals surface area (Å²) in [6, 6.07) is 0. The number of anilines is 1. The molecular formula is C4H4F2N4O. The van der Waals surface area contributed by atoms with Crippen LogP contribution in [0.3, 0.4) is 0 Å². The van der Waals surface area contributed by atoms with Crippen molar-refractivity contribution in [3.8, 4) is 0 Å². The zero-order valence-electron chi connectivity index (χ0n) is 5.21. The van der Waals surface area contributed by atoms with Gasteiger partial charge in [-0.2, -0.15) is 9.97 Å². The molecule has 5 nitrogen and oxygen atoms in total. The van der Waals surface area contributed by atoms with Gasteiger partial charge in [0.25, 0.3) is 6.43 Å². The summed E-state index contributed by atoms with van der Waals surface area (Å²) in [6.45, 7) is 0. The molecule has 1 heterocycles. The van der Waals surface area contributed by atoms with Crippen LogP contribution in [0, 0.1) is 0 Å². The normalized spacial score (nSPS) is 10.5. The number of alkyl halides is 2. The minimum atomic E-state index is -2.84. The fourth-order valence-corrected chi connectivity index (χ4v) is 0.521. The second-order valence-corrected chi connectivity index (χ2v) is 1.70. The molecule has 0 atom stereocenters. The molecule has 0 unspecified atom stereocenters. The SMILES string of the molecule is Nc1nc(C(F)F)[nH]c(=O)n1. The molecule has 0 amide bonds. The van der Waals surface area contributed by atoms with E-state index in [4.69, 9.17) is 5.73 Å². The zero-order chi connectivity index (χ0) is 8.43. The Morgan fingerprint density at radius 2 is 2.09 bits per heavy atom. The largest absolute Gasteiger partial charge is 0.368 e. The quantitative estimate of drug-likeness (QED) is 0.592. The standard InChI is InChI=1S/C4H4F2N4O/c5-1(6)2-8-3(7)10-4(11)9-2/h1H,(H3,7,8,9,10,11). The number of nitrogen functional groups attached to an aromatic ring is 1. The molecule has 1 aromatic rings. The van der Waals surface area contributed by atoms with E-state index in [0.29, 0.717) is 0 Å². The highest BCUT2D eigenvalue weighted by Gasteiger charge is 2.10. The average molecular weight is 162 g/mol. The zero-order valence-corrected chi connectivity index (χ0v) is 5.21. The van der Waals surface area contributed by atoms with Gasteiger partial charge in [-0.15, -0.1) is 0 Å². The van der Waals surface area contributed by atoms with Crippen LogP contribution in [-0.4, -0.2) is 15.0 Å². The lowest BCUT2D eigenvalue weighted by Crippen LogP contribution is -2.17. The first kappa shape index (κ1) is 7.58. The molecule has 1 rings (SSSR count). The van der Waals surface area contributed by atoms with E-state index in [-0.39, 0.29) is 0 Å². The van der Waals surface area contributed by atoms with E-state index in [1.54, 1.807) is 4.98 Å². The first-order valence-electron chi connectivity index (χ1n) is 2.61. The van der Waals surface area contributed by atoms with Gasteiger partial charge in [0.05, 0.1) is 0 Å². The van der Waals surface area contributed by atoms with Crippen LogP contribution in [0.1, 0.15) is 12.2 Å². The van der Waals surface area contributed by atoms with Gasteiger partial charge in [-0.25, -0.2) is 13.6 Å². The minimum Gasteiger partial charge on any atom is -0.368 e. The van der Waals surface area contributed by atoms with Gasteiger partial charge in [0.2, 0.25) is 5.95 Å². The summed E-state index contributed by atoms with van der Waals surface area (Å²) in [5.41, 5.74) is 4.00. The summed E-state index contributed by atoms with van der Waals surface area (Å²) in [5.74, 6) is -1.22. The number of nitrogens with one attached hydrogen (secondary N) is 1. The highest BCUT2D eigenvalue weighted by Crippen LogP contribution is 2.11. The molecule has 0 aromatic carbocycles. The molecule has 0 saturated carbocycles. The monoisotopic (exact) mass is 162 g/mol. The Hall–Kier alpha value is -1.53. The lowest BCUT2D eigenvalue weighted by molar-refractivity contribution is 0.139. The van der Waals surface area contributed by atoms with Crippen LogP contribution in [0.2, 0.25) is 0 Å². The molecule has 0 aliphatic rings. The molecule has 0 aliphatic carbocycles. The third kappa shape index (κ3) is 1.69. The summed E-state index contributed by atoms with van der Waals surface area (Å²) in [6.07, 6.45) is -2.84. The number of H-pyrrole nitrogens is 1. The molecule has 3 N–H and O–H groups in total. The predicted molar refractivity (Wildman–Crippen MR) is 32.0 cm³/mol. The first-order valence-corrected chi connectivity index (χ1v) is 2.61. The number of rotatable bonds is 1. The smallest absolute Gasteiger partial charge is 0.349 e. The Balaban J connectivity index is 3.19. The molecule has 0 fully saturated rings. The summed E-state index contributed by atoms with van der Waals surface area (Å²) in [4.78, 5) is 18.3. The van der Waals surface area contributed by atoms with Crippen LogP contribution in [0.5, 0.6) is 0 Å². The molecule has 0 radical (unpaired) electrons. The molecule has 1 aromatic heterocycles. The van der Waals surface area contributed by atoms with Crippen molar-refractivity contribution in [1.29, 1.82) is 0 Å². The van der Waals surface area contributed by atoms with Crippen molar-refractivity contribution < 1.29 is 8.78 Å². The Morgan fingerprint density at radius 1 is 1.45 bits per heavy atom. The van der Waals surface area contributed by atoms with Crippen molar-refractivity contribution in [2.24, 2.45) is 0 Å². The Kier molecular flexibility index (Phi) is 1.79. The second kappa shape index (κ2) is 2.60.